The number of carbonyl (C=O) groups is 1. The molecule has 7 heteroatoms. The Bertz CT molecular complexity index is 645. The zero-order chi connectivity index (χ0) is 23.1. The van der Waals surface area contributed by atoms with Crippen LogP contribution in [0.1, 0.15) is 67.0 Å². The lowest BCUT2D eigenvalue weighted by Crippen LogP contribution is -2.56. The summed E-state index contributed by atoms with van der Waals surface area (Å²) in [7, 11) is 0. The smallest absolute Gasteiger partial charge is 0.410 e. The van der Waals surface area contributed by atoms with Crippen molar-refractivity contribution < 1.29 is 23.0 Å². The van der Waals surface area contributed by atoms with Crippen LogP contribution in [0.2, 0.25) is 0 Å². The van der Waals surface area contributed by atoms with E-state index >= 15 is 0 Å². The van der Waals surface area contributed by atoms with Crippen LogP contribution in [0.4, 0.5) is 13.6 Å². The van der Waals surface area contributed by atoms with E-state index in [-0.39, 0.29) is 23.9 Å². The van der Waals surface area contributed by atoms with Crippen LogP contribution in [0, 0.1) is 5.92 Å². The minimum absolute atomic E-state index is 0.0197. The first-order valence-corrected chi connectivity index (χ1v) is 10.8. The molecule has 5 nitrogen and oxygen atoms in total. The van der Waals surface area contributed by atoms with Gasteiger partial charge in [-0.25, -0.2) is 4.79 Å². The number of benzene rings is 1. The van der Waals surface area contributed by atoms with Crippen LogP contribution in [0.3, 0.4) is 0 Å². The number of nitrogens with zero attached hydrogens (tertiary/aromatic N) is 2. The maximum atomic E-state index is 12.4. The van der Waals surface area contributed by atoms with Crippen LogP contribution in [0.5, 0.6) is 5.75 Å². The fourth-order valence-corrected chi connectivity index (χ4v) is 3.69. The standard InChI is InChI=1S/C21H32F2N2O3.C2H6/c1-14(2)18(16-7-9-17(10-8-16)27-19(22)23)24-11-12-25(15(3)13-24)20(26)28-21(4,5)6;1-2/h7-10,14-15,18-19H,11-13H2,1-6H3;1-2H3. The fourth-order valence-electron chi connectivity index (χ4n) is 3.69. The number of piperazine rings is 1. The minimum Gasteiger partial charge on any atom is -0.444 e. The summed E-state index contributed by atoms with van der Waals surface area (Å²) in [5.74, 6) is 0.478. The largest absolute Gasteiger partial charge is 0.444 e. The van der Waals surface area contributed by atoms with E-state index in [0.29, 0.717) is 12.5 Å². The summed E-state index contributed by atoms with van der Waals surface area (Å²) in [6.07, 6.45) is -0.283. The van der Waals surface area contributed by atoms with Gasteiger partial charge in [0.25, 0.3) is 0 Å². The monoisotopic (exact) mass is 428 g/mol. The molecule has 0 aromatic heterocycles. The van der Waals surface area contributed by atoms with Gasteiger partial charge in [-0.05, 0) is 51.3 Å². The number of rotatable bonds is 5. The number of hydrogen-bond donors (Lipinski definition) is 0. The third-order valence-corrected chi connectivity index (χ3v) is 4.76. The molecule has 1 fully saturated rings. The van der Waals surface area contributed by atoms with E-state index in [1.54, 1.807) is 17.0 Å². The Morgan fingerprint density at radius 3 is 2.10 bits per heavy atom. The summed E-state index contributed by atoms with van der Waals surface area (Å²) < 4.78 is 34.7. The van der Waals surface area contributed by atoms with Crippen molar-refractivity contribution in [3.05, 3.63) is 29.8 Å². The number of hydrogen-bond acceptors (Lipinski definition) is 4. The first-order chi connectivity index (χ1) is 14.0. The molecule has 2 atom stereocenters. The van der Waals surface area contributed by atoms with Gasteiger partial charge >= 0.3 is 12.7 Å². The molecule has 0 saturated carbocycles. The zero-order valence-electron chi connectivity index (χ0n) is 19.6. The van der Waals surface area contributed by atoms with Gasteiger partial charge in [0.15, 0.2) is 0 Å². The zero-order valence-corrected chi connectivity index (χ0v) is 19.6. The summed E-state index contributed by atoms with van der Waals surface area (Å²) in [4.78, 5) is 16.6. The average molecular weight is 429 g/mol. The average Bonchev–Trinajstić information content (AvgIpc) is 2.63. The molecule has 1 aromatic carbocycles. The van der Waals surface area contributed by atoms with Gasteiger partial charge in [0.2, 0.25) is 0 Å². The maximum Gasteiger partial charge on any atom is 0.410 e. The van der Waals surface area contributed by atoms with Gasteiger partial charge in [0, 0.05) is 31.7 Å². The number of carbonyl (C=O) groups excluding carboxylic acids is 1. The normalized spacial score (nSPS) is 18.7. The van der Waals surface area contributed by atoms with E-state index < -0.39 is 12.2 Å². The Labute approximate surface area is 180 Å². The second-order valence-electron chi connectivity index (χ2n) is 8.65. The Morgan fingerprint density at radius 1 is 1.10 bits per heavy atom. The van der Waals surface area contributed by atoms with Crippen molar-refractivity contribution in [1.82, 2.24) is 9.80 Å². The van der Waals surface area contributed by atoms with Crippen molar-refractivity contribution in [1.29, 1.82) is 0 Å². The lowest BCUT2D eigenvalue weighted by molar-refractivity contribution is -0.0499. The summed E-state index contributed by atoms with van der Waals surface area (Å²) in [6.45, 7) is 15.1. The number of alkyl halides is 2. The summed E-state index contributed by atoms with van der Waals surface area (Å²) in [5.41, 5.74) is 0.533. The number of halogens is 2. The number of amides is 1. The van der Waals surface area contributed by atoms with Crippen LogP contribution in [-0.4, -0.2) is 53.8 Å². The van der Waals surface area contributed by atoms with Crippen LogP contribution in [0.15, 0.2) is 24.3 Å². The SMILES string of the molecule is CC.CC(C)C(c1ccc(OC(F)F)cc1)N1CCN(C(=O)OC(C)(C)C)C(C)C1. The molecule has 1 heterocycles. The molecule has 1 aromatic rings. The molecule has 0 N–H and O–H groups in total. The van der Waals surface area contributed by atoms with E-state index in [0.717, 1.165) is 18.7 Å². The molecule has 0 bridgehead atoms. The molecule has 172 valence electrons. The second-order valence-corrected chi connectivity index (χ2v) is 8.65. The van der Waals surface area contributed by atoms with Gasteiger partial charge in [-0.2, -0.15) is 8.78 Å². The molecule has 0 spiro atoms. The van der Waals surface area contributed by atoms with E-state index in [1.807, 2.05) is 53.7 Å². The maximum absolute atomic E-state index is 12.4. The van der Waals surface area contributed by atoms with Crippen molar-refractivity contribution >= 4 is 6.09 Å². The van der Waals surface area contributed by atoms with E-state index in [2.05, 4.69) is 23.5 Å². The lowest BCUT2D eigenvalue weighted by Gasteiger charge is -2.44. The molecule has 0 radical (unpaired) electrons. The van der Waals surface area contributed by atoms with Crippen LogP contribution in [0.25, 0.3) is 0 Å². The molecule has 1 aliphatic rings. The van der Waals surface area contributed by atoms with Crippen LogP contribution in [-0.2, 0) is 4.74 Å². The predicted octanol–water partition coefficient (Wildman–Crippen LogP) is 5.95. The lowest BCUT2D eigenvalue weighted by atomic mass is 9.93. The molecule has 30 heavy (non-hydrogen) atoms. The van der Waals surface area contributed by atoms with Gasteiger partial charge in [-0.15, -0.1) is 0 Å². The molecule has 1 aliphatic heterocycles. The van der Waals surface area contributed by atoms with Crippen LogP contribution >= 0.6 is 0 Å². The highest BCUT2D eigenvalue weighted by Gasteiger charge is 2.34. The molecule has 2 rings (SSSR count). The van der Waals surface area contributed by atoms with Crippen molar-refractivity contribution in [2.24, 2.45) is 5.92 Å². The van der Waals surface area contributed by atoms with Crippen molar-refractivity contribution in [2.75, 3.05) is 19.6 Å². The van der Waals surface area contributed by atoms with Gasteiger partial charge in [0.05, 0.1) is 0 Å². The summed E-state index contributed by atoms with van der Waals surface area (Å²) in [6, 6.07) is 6.99. The Balaban J connectivity index is 0.00000218. The fraction of sp³-hybridized carbons (Fsp3) is 0.696. The molecular weight excluding hydrogens is 390 g/mol. The van der Waals surface area contributed by atoms with E-state index in [9.17, 15) is 13.6 Å². The molecule has 0 aliphatic carbocycles. The highest BCUT2D eigenvalue weighted by atomic mass is 19.3. The van der Waals surface area contributed by atoms with Gasteiger partial charge < -0.3 is 14.4 Å². The van der Waals surface area contributed by atoms with Gasteiger partial charge in [0.1, 0.15) is 11.4 Å². The van der Waals surface area contributed by atoms with Crippen molar-refractivity contribution in [3.8, 4) is 5.75 Å². The quantitative estimate of drug-likeness (QED) is 0.581. The third-order valence-electron chi connectivity index (χ3n) is 4.76. The van der Waals surface area contributed by atoms with Crippen molar-refractivity contribution in [2.45, 2.75) is 79.7 Å². The predicted molar refractivity (Wildman–Crippen MR) is 116 cm³/mol. The highest BCUT2D eigenvalue weighted by Crippen LogP contribution is 2.32. The Morgan fingerprint density at radius 2 is 1.67 bits per heavy atom. The van der Waals surface area contributed by atoms with E-state index in [1.165, 1.54) is 0 Å². The highest BCUT2D eigenvalue weighted by molar-refractivity contribution is 5.68. The molecule has 2 unspecified atom stereocenters. The third kappa shape index (κ3) is 7.74. The first-order valence-electron chi connectivity index (χ1n) is 10.8. The van der Waals surface area contributed by atoms with Gasteiger partial charge in [-0.1, -0.05) is 39.8 Å². The Hall–Kier alpha value is -1.89. The van der Waals surface area contributed by atoms with E-state index in [4.69, 9.17) is 4.74 Å². The first kappa shape index (κ1) is 26.1. The molecule has 1 amide bonds. The molecule has 1 saturated heterocycles. The number of ether oxygens (including phenoxy) is 2. The van der Waals surface area contributed by atoms with Gasteiger partial charge in [-0.3, -0.25) is 4.90 Å². The minimum atomic E-state index is -2.83. The molecular formula is C23H38F2N2O3. The second kappa shape index (κ2) is 11.5. The summed E-state index contributed by atoms with van der Waals surface area (Å²) in [5, 5.41) is 0. The Kier molecular flexibility index (Phi) is 10.0. The summed E-state index contributed by atoms with van der Waals surface area (Å²) >= 11 is 0. The van der Waals surface area contributed by atoms with Crippen LogP contribution < -0.4 is 4.74 Å². The topological polar surface area (TPSA) is 42.0 Å². The van der Waals surface area contributed by atoms with Crippen molar-refractivity contribution in [3.63, 3.8) is 0 Å².